The molecule has 18 nitrogen and oxygen atoms in total. The van der Waals surface area contributed by atoms with Gasteiger partial charge in [-0.05, 0) is 105 Å². The molecule has 18 heteroatoms. The molecule has 0 bridgehead atoms. The number of imide groups is 1. The zero-order valence-electron chi connectivity index (χ0n) is 42.1. The number of anilines is 2. The molecule has 0 saturated carbocycles. The highest BCUT2D eigenvalue weighted by molar-refractivity contribution is 6.09. The van der Waals surface area contributed by atoms with E-state index in [1.54, 1.807) is 18.2 Å². The fourth-order valence-electron chi connectivity index (χ4n) is 10.2. The number of likely N-dealkylation sites (N-methyl/N-ethyl adjacent to an activating group) is 1. The van der Waals surface area contributed by atoms with Gasteiger partial charge in [0.1, 0.15) is 6.04 Å². The molecule has 72 heavy (non-hydrogen) atoms. The van der Waals surface area contributed by atoms with E-state index < -0.39 is 17.9 Å². The molecule has 3 fully saturated rings. The highest BCUT2D eigenvalue weighted by atomic mass is 16.5. The summed E-state index contributed by atoms with van der Waals surface area (Å²) in [4.78, 5) is 88.0. The van der Waals surface area contributed by atoms with Crippen LogP contribution < -0.4 is 26.4 Å². The van der Waals surface area contributed by atoms with Crippen LogP contribution in [0.15, 0.2) is 71.7 Å². The number of aromatic nitrogens is 4. The van der Waals surface area contributed by atoms with Crippen molar-refractivity contribution >= 4 is 41.3 Å². The van der Waals surface area contributed by atoms with Gasteiger partial charge in [0.2, 0.25) is 11.8 Å². The Bertz CT molecular complexity index is 2830. The first-order valence-electron chi connectivity index (χ1n) is 25.1. The van der Waals surface area contributed by atoms with Crippen LogP contribution in [0.1, 0.15) is 104 Å². The number of amides is 4. The summed E-state index contributed by atoms with van der Waals surface area (Å²) >= 11 is 0. The van der Waals surface area contributed by atoms with Crippen LogP contribution in [0.3, 0.4) is 0 Å². The first-order chi connectivity index (χ1) is 34.8. The number of hydrogen-bond acceptors (Lipinski definition) is 13. The first kappa shape index (κ1) is 51.3. The van der Waals surface area contributed by atoms with Crippen molar-refractivity contribution in [2.24, 2.45) is 0 Å². The van der Waals surface area contributed by atoms with Crippen molar-refractivity contribution in [3.8, 4) is 11.1 Å². The summed E-state index contributed by atoms with van der Waals surface area (Å²) in [6.07, 6.45) is 5.46. The summed E-state index contributed by atoms with van der Waals surface area (Å²) in [6.45, 7) is 16.5. The molecule has 3 aliphatic rings. The molecule has 0 aliphatic carbocycles. The zero-order chi connectivity index (χ0) is 50.9. The second-order valence-corrected chi connectivity index (χ2v) is 19.2. The number of pyridine rings is 1. The molecule has 3 saturated heterocycles. The number of rotatable bonds is 19. The zero-order valence-corrected chi connectivity index (χ0v) is 42.1. The average molecular weight is 982 g/mol. The summed E-state index contributed by atoms with van der Waals surface area (Å²) in [5, 5.41) is 17.5. The minimum absolute atomic E-state index is 0.133. The van der Waals surface area contributed by atoms with E-state index in [0.29, 0.717) is 68.4 Å². The number of carbonyl (C=O) groups is 5. The Balaban J connectivity index is 0.840. The van der Waals surface area contributed by atoms with Crippen LogP contribution in [-0.2, 0) is 40.5 Å². The lowest BCUT2D eigenvalue weighted by molar-refractivity contribution is -0.136. The lowest BCUT2D eigenvalue weighted by Gasteiger charge is -2.37. The van der Waals surface area contributed by atoms with Gasteiger partial charge in [-0.15, -0.1) is 5.10 Å². The number of aryl methyl sites for hydroxylation is 3. The Labute approximate surface area is 420 Å². The molecular formula is C54H67N11O7. The number of piperidine rings is 1. The van der Waals surface area contributed by atoms with Crippen molar-refractivity contribution in [3.63, 3.8) is 0 Å². The monoisotopic (exact) mass is 982 g/mol. The highest BCUT2D eigenvalue weighted by Crippen LogP contribution is 2.34. The topological polar surface area (TPSA) is 207 Å². The smallest absolute Gasteiger partial charge is 0.257 e. The minimum Gasteiger partial charge on any atom is -0.384 e. The van der Waals surface area contributed by atoms with Gasteiger partial charge in [0.25, 0.3) is 17.4 Å². The quantitative estimate of drug-likeness (QED) is 0.0489. The molecule has 4 amide bonds. The number of aldehydes is 1. The molecule has 380 valence electrons. The van der Waals surface area contributed by atoms with E-state index in [-0.39, 0.29) is 47.9 Å². The van der Waals surface area contributed by atoms with E-state index in [1.165, 1.54) is 17.5 Å². The Morgan fingerprint density at radius 1 is 0.917 bits per heavy atom. The third kappa shape index (κ3) is 12.2. The molecule has 0 spiro atoms. The van der Waals surface area contributed by atoms with Crippen molar-refractivity contribution < 1.29 is 28.7 Å². The largest absolute Gasteiger partial charge is 0.384 e. The van der Waals surface area contributed by atoms with Crippen molar-refractivity contribution in [1.29, 1.82) is 0 Å². The number of benzene rings is 3. The van der Waals surface area contributed by atoms with Gasteiger partial charge in [0, 0.05) is 138 Å². The number of ether oxygens (including phenoxy) is 1. The molecule has 3 aromatic carbocycles. The summed E-state index contributed by atoms with van der Waals surface area (Å²) in [7, 11) is 1.51. The predicted octanol–water partition coefficient (Wildman–Crippen LogP) is 5.00. The molecule has 0 radical (unpaired) electrons. The molecule has 2 aromatic heterocycles. The third-order valence-corrected chi connectivity index (χ3v) is 14.3. The van der Waals surface area contributed by atoms with Gasteiger partial charge in [-0.1, -0.05) is 41.6 Å². The minimum atomic E-state index is -0.811. The number of piperazine rings is 1. The molecule has 8 rings (SSSR count). The van der Waals surface area contributed by atoms with Crippen LogP contribution in [-0.4, -0.2) is 136 Å². The van der Waals surface area contributed by atoms with Crippen molar-refractivity contribution in [3.05, 3.63) is 128 Å². The fourth-order valence-corrected chi connectivity index (χ4v) is 10.2. The number of aromatic amines is 1. The van der Waals surface area contributed by atoms with Crippen LogP contribution in [0, 0.1) is 20.8 Å². The third-order valence-electron chi connectivity index (χ3n) is 14.3. The van der Waals surface area contributed by atoms with E-state index in [4.69, 9.17) is 4.74 Å². The highest BCUT2D eigenvalue weighted by Gasteiger charge is 2.34. The average Bonchev–Trinajstić information content (AvgIpc) is 3.83. The number of hydrogen-bond donors (Lipinski definition) is 4. The van der Waals surface area contributed by atoms with Crippen LogP contribution >= 0.6 is 0 Å². The molecule has 3 aliphatic heterocycles. The molecule has 5 aromatic rings. The summed E-state index contributed by atoms with van der Waals surface area (Å²) < 4.78 is 7.53. The maximum absolute atomic E-state index is 14.0. The van der Waals surface area contributed by atoms with Crippen molar-refractivity contribution in [2.75, 3.05) is 69.7 Å². The standard InChI is InChI=1S/C54H67N11O7/c1-6-65(43-17-25-72-26-18-43)48-29-41(28-44(37(48)4)51(68)56-30-45-35(2)27-36(3)57-52(45)69)39-13-11-38(12-14-39)31-62-21-23-63(24-22-62)32-42-33-64(60-59-42)20-8-19-55-46-10-7-9-40(34-66)50(46)54(71)61(5)47-15-16-49(67)58-53(47)70/h7,9-14,27-29,33-34,43,47,55H,6,8,15-26,30-32H2,1-5H3,(H,56,68)(H,57,69)(H,58,67,70). The molecular weight excluding hydrogens is 915 g/mol. The van der Waals surface area contributed by atoms with Crippen molar-refractivity contribution in [2.45, 2.75) is 98.1 Å². The number of nitrogens with one attached hydrogen (secondary N) is 4. The molecule has 4 N–H and O–H groups in total. The van der Waals surface area contributed by atoms with E-state index in [9.17, 15) is 28.8 Å². The van der Waals surface area contributed by atoms with Gasteiger partial charge in [0.05, 0.1) is 11.3 Å². The van der Waals surface area contributed by atoms with Crippen LogP contribution in [0.25, 0.3) is 11.1 Å². The number of carbonyl (C=O) groups excluding carboxylic acids is 5. The molecule has 1 unspecified atom stereocenters. The van der Waals surface area contributed by atoms with Crippen LogP contribution in [0.5, 0.6) is 0 Å². The lowest BCUT2D eigenvalue weighted by Crippen LogP contribution is -2.53. The Morgan fingerprint density at radius 2 is 1.65 bits per heavy atom. The number of H-pyrrole nitrogens is 1. The molecule has 5 heterocycles. The SMILES string of the molecule is CCN(c1cc(-c2ccc(CN3CCN(Cc4cn(CCCNc5cccc(C=O)c5C(=O)N(C)C5CCC(=O)NC5=O)nn4)CC3)cc2)cc(C(=O)NCc2c(C)cc(C)[nH]c2=O)c1C)C1CCOCC1. The van der Waals surface area contributed by atoms with E-state index in [0.717, 1.165) is 91.4 Å². The van der Waals surface area contributed by atoms with E-state index >= 15 is 0 Å². The van der Waals surface area contributed by atoms with E-state index in [2.05, 4.69) is 83.2 Å². The Kier molecular flexibility index (Phi) is 16.7. The van der Waals surface area contributed by atoms with Gasteiger partial charge in [-0.2, -0.15) is 0 Å². The second-order valence-electron chi connectivity index (χ2n) is 19.2. The maximum Gasteiger partial charge on any atom is 0.257 e. The van der Waals surface area contributed by atoms with Gasteiger partial charge in [0.15, 0.2) is 6.29 Å². The maximum atomic E-state index is 14.0. The summed E-state index contributed by atoms with van der Waals surface area (Å²) in [5.41, 5.74) is 9.52. The summed E-state index contributed by atoms with van der Waals surface area (Å²) in [6, 6.07) is 19.3. The fraction of sp³-hybridized carbons (Fsp3) is 0.444. The van der Waals surface area contributed by atoms with Crippen molar-refractivity contribution in [1.82, 2.24) is 45.3 Å². The predicted molar refractivity (Wildman–Crippen MR) is 275 cm³/mol. The second kappa shape index (κ2) is 23.5. The van der Waals surface area contributed by atoms with Gasteiger partial charge >= 0.3 is 0 Å². The first-order valence-corrected chi connectivity index (χ1v) is 25.1. The van der Waals surface area contributed by atoms with Crippen LogP contribution in [0.2, 0.25) is 0 Å². The Morgan fingerprint density at radius 3 is 2.35 bits per heavy atom. The van der Waals surface area contributed by atoms with Gasteiger partial charge < -0.3 is 30.2 Å². The van der Waals surface area contributed by atoms with Crippen LogP contribution in [0.4, 0.5) is 11.4 Å². The summed E-state index contributed by atoms with van der Waals surface area (Å²) in [5.74, 6) is -1.59. The van der Waals surface area contributed by atoms with Gasteiger partial charge in [-0.3, -0.25) is 48.6 Å². The lowest BCUT2D eigenvalue weighted by atomic mass is 9.94. The van der Waals surface area contributed by atoms with Gasteiger partial charge in [-0.25, -0.2) is 0 Å². The molecule has 1 atom stereocenters. The Hall–Kier alpha value is -7.02. The number of nitrogens with zero attached hydrogens (tertiary/aromatic N) is 7. The normalized spacial score (nSPS) is 16.8. The van der Waals surface area contributed by atoms with E-state index in [1.807, 2.05) is 43.8 Å².